The van der Waals surface area contributed by atoms with Crippen LogP contribution in [0.5, 0.6) is 0 Å². The molecule has 0 saturated carbocycles. The van der Waals surface area contributed by atoms with Gasteiger partial charge in [0.25, 0.3) is 0 Å². The Bertz CT molecular complexity index is 264. The van der Waals surface area contributed by atoms with Crippen molar-refractivity contribution in [3.8, 4) is 0 Å². The van der Waals surface area contributed by atoms with E-state index in [1.54, 1.807) is 6.08 Å². The predicted molar refractivity (Wildman–Crippen MR) is 72.0 cm³/mol. The van der Waals surface area contributed by atoms with Gasteiger partial charge in [-0.15, -0.1) is 13.2 Å². The van der Waals surface area contributed by atoms with Gasteiger partial charge in [-0.1, -0.05) is 44.2 Å². The summed E-state index contributed by atoms with van der Waals surface area (Å²) < 4.78 is 0. The summed E-state index contributed by atoms with van der Waals surface area (Å²) in [6, 6.07) is 7.83. The molecule has 1 rings (SSSR count). The number of nitrogens with two attached hydrogens (primary N) is 1. The number of benzene rings is 1. The highest BCUT2D eigenvalue weighted by Gasteiger charge is 1.91. The number of rotatable bonds is 2. The molecule has 1 aromatic rings. The van der Waals surface area contributed by atoms with Gasteiger partial charge in [-0.25, -0.2) is 0 Å². The maximum atomic E-state index is 5.66. The van der Waals surface area contributed by atoms with Gasteiger partial charge >= 0.3 is 0 Å². The first-order valence-corrected chi connectivity index (χ1v) is 5.27. The molecule has 0 spiro atoms. The molecule has 84 valence electrons. The first-order valence-electron chi connectivity index (χ1n) is 5.27. The summed E-state index contributed by atoms with van der Waals surface area (Å²) in [5.74, 6) is 0. The lowest BCUT2D eigenvalue weighted by molar-refractivity contribution is 1.28. The van der Waals surface area contributed by atoms with Gasteiger partial charge in [-0.05, 0) is 25.0 Å². The third-order valence-electron chi connectivity index (χ3n) is 1.42. The Hall–Kier alpha value is -1.50. The molecule has 0 heterocycles. The molecule has 1 aromatic carbocycles. The van der Waals surface area contributed by atoms with Crippen molar-refractivity contribution in [1.82, 2.24) is 0 Å². The Morgan fingerprint density at radius 3 is 2.07 bits per heavy atom. The van der Waals surface area contributed by atoms with Gasteiger partial charge in [-0.2, -0.15) is 0 Å². The van der Waals surface area contributed by atoms with Crippen molar-refractivity contribution in [3.05, 3.63) is 55.1 Å². The largest absolute Gasteiger partial charge is 0.398 e. The highest BCUT2D eigenvalue weighted by molar-refractivity contribution is 5.46. The summed E-state index contributed by atoms with van der Waals surface area (Å²) in [5.41, 5.74) is 7.66. The van der Waals surface area contributed by atoms with E-state index in [2.05, 4.69) is 13.2 Å². The average molecular weight is 205 g/mol. The SMILES string of the molecule is C=CC.C=CCc1ccccc1N.CC. The summed E-state index contributed by atoms with van der Waals surface area (Å²) in [5, 5.41) is 0. The van der Waals surface area contributed by atoms with E-state index in [9.17, 15) is 0 Å². The van der Waals surface area contributed by atoms with E-state index in [-0.39, 0.29) is 0 Å². The van der Waals surface area contributed by atoms with Gasteiger partial charge < -0.3 is 5.73 Å². The second-order valence-electron chi connectivity index (χ2n) is 2.60. The summed E-state index contributed by atoms with van der Waals surface area (Å²) in [6.45, 7) is 12.9. The molecule has 0 aliphatic heterocycles. The average Bonchev–Trinajstić information content (AvgIpc) is 2.26. The zero-order chi connectivity index (χ0) is 12.1. The Kier molecular flexibility index (Phi) is 13.3. The molecule has 0 aliphatic rings. The normalized spacial score (nSPS) is 7.40. The van der Waals surface area contributed by atoms with Gasteiger partial charge in [-0.3, -0.25) is 0 Å². The molecule has 1 heteroatoms. The standard InChI is InChI=1S/C9H11N.C3H6.C2H6/c1-2-5-8-6-3-4-7-9(8)10;1-3-2;1-2/h2-4,6-7H,1,5,10H2;3H,1H2,2H3;1-2H3. The van der Waals surface area contributed by atoms with Crippen molar-refractivity contribution in [2.45, 2.75) is 27.2 Å². The van der Waals surface area contributed by atoms with E-state index in [0.29, 0.717) is 0 Å². The van der Waals surface area contributed by atoms with Gasteiger partial charge in [0, 0.05) is 5.69 Å². The molecule has 15 heavy (non-hydrogen) atoms. The fraction of sp³-hybridized carbons (Fsp3) is 0.286. The van der Waals surface area contributed by atoms with E-state index in [1.165, 1.54) is 0 Å². The van der Waals surface area contributed by atoms with E-state index < -0.39 is 0 Å². The highest BCUT2D eigenvalue weighted by Crippen LogP contribution is 2.10. The smallest absolute Gasteiger partial charge is 0.0349 e. The number of anilines is 1. The van der Waals surface area contributed by atoms with Crippen LogP contribution in [0, 0.1) is 0 Å². The number of nitrogen functional groups attached to an aromatic ring is 1. The van der Waals surface area contributed by atoms with Gasteiger partial charge in [0.2, 0.25) is 0 Å². The second-order valence-corrected chi connectivity index (χ2v) is 2.60. The zero-order valence-corrected chi connectivity index (χ0v) is 10.2. The lowest BCUT2D eigenvalue weighted by Gasteiger charge is -1.99. The molecule has 2 N–H and O–H groups in total. The van der Waals surface area contributed by atoms with E-state index in [4.69, 9.17) is 5.73 Å². The first kappa shape index (κ1) is 15.9. The monoisotopic (exact) mass is 205 g/mol. The van der Waals surface area contributed by atoms with Crippen LogP contribution in [0.1, 0.15) is 26.3 Å². The molecular formula is C14H23N. The van der Waals surface area contributed by atoms with Crippen molar-refractivity contribution in [2.75, 3.05) is 5.73 Å². The van der Waals surface area contributed by atoms with Crippen LogP contribution in [0.4, 0.5) is 5.69 Å². The second kappa shape index (κ2) is 12.5. The zero-order valence-electron chi connectivity index (χ0n) is 10.2. The number of hydrogen-bond donors (Lipinski definition) is 1. The minimum absolute atomic E-state index is 0.849. The molecule has 0 radical (unpaired) electrons. The van der Waals surface area contributed by atoms with E-state index in [1.807, 2.05) is 51.1 Å². The fourth-order valence-electron chi connectivity index (χ4n) is 0.876. The molecule has 0 fully saturated rings. The van der Waals surface area contributed by atoms with Crippen LogP contribution in [0.25, 0.3) is 0 Å². The van der Waals surface area contributed by atoms with Crippen LogP contribution in [0.2, 0.25) is 0 Å². The Balaban J connectivity index is 0. The van der Waals surface area contributed by atoms with Crippen LogP contribution in [-0.2, 0) is 6.42 Å². The Morgan fingerprint density at radius 1 is 1.20 bits per heavy atom. The number of allylic oxidation sites excluding steroid dienone is 2. The lowest BCUT2D eigenvalue weighted by Crippen LogP contribution is -1.90. The molecule has 0 bridgehead atoms. The molecule has 0 amide bonds. The number of para-hydroxylation sites is 1. The predicted octanol–water partition coefficient (Wildman–Crippen LogP) is 4.22. The minimum atomic E-state index is 0.849. The maximum absolute atomic E-state index is 5.66. The van der Waals surface area contributed by atoms with Crippen LogP contribution >= 0.6 is 0 Å². The van der Waals surface area contributed by atoms with Crippen LogP contribution in [0.15, 0.2) is 49.6 Å². The number of hydrogen-bond acceptors (Lipinski definition) is 1. The first-order chi connectivity index (χ1) is 7.26. The quantitative estimate of drug-likeness (QED) is 0.568. The van der Waals surface area contributed by atoms with Gasteiger partial charge in [0.1, 0.15) is 0 Å². The van der Waals surface area contributed by atoms with Crippen LogP contribution < -0.4 is 5.73 Å². The molecule has 0 aliphatic carbocycles. The fourth-order valence-corrected chi connectivity index (χ4v) is 0.876. The van der Waals surface area contributed by atoms with Crippen molar-refractivity contribution < 1.29 is 0 Å². The lowest BCUT2D eigenvalue weighted by atomic mass is 10.1. The molecule has 0 unspecified atom stereocenters. The molecular weight excluding hydrogens is 182 g/mol. The van der Waals surface area contributed by atoms with Crippen molar-refractivity contribution >= 4 is 5.69 Å². The summed E-state index contributed by atoms with van der Waals surface area (Å²) >= 11 is 0. The third kappa shape index (κ3) is 8.82. The van der Waals surface area contributed by atoms with Crippen LogP contribution in [0.3, 0.4) is 0 Å². The Labute approximate surface area is 94.3 Å². The van der Waals surface area contributed by atoms with Crippen LogP contribution in [-0.4, -0.2) is 0 Å². The van der Waals surface area contributed by atoms with Crippen molar-refractivity contribution in [1.29, 1.82) is 0 Å². The third-order valence-corrected chi connectivity index (χ3v) is 1.42. The molecule has 0 aromatic heterocycles. The van der Waals surface area contributed by atoms with Gasteiger partial charge in [0.15, 0.2) is 0 Å². The van der Waals surface area contributed by atoms with E-state index in [0.717, 1.165) is 17.7 Å². The topological polar surface area (TPSA) is 26.0 Å². The van der Waals surface area contributed by atoms with E-state index >= 15 is 0 Å². The summed E-state index contributed by atoms with van der Waals surface area (Å²) in [7, 11) is 0. The maximum Gasteiger partial charge on any atom is 0.0349 e. The molecule has 0 saturated heterocycles. The minimum Gasteiger partial charge on any atom is -0.398 e. The summed E-state index contributed by atoms with van der Waals surface area (Å²) in [6.07, 6.45) is 4.46. The highest BCUT2D eigenvalue weighted by atomic mass is 14.5. The summed E-state index contributed by atoms with van der Waals surface area (Å²) in [4.78, 5) is 0. The Morgan fingerprint density at radius 2 is 1.67 bits per heavy atom. The molecule has 1 nitrogen and oxygen atoms in total. The molecule has 0 atom stereocenters. The van der Waals surface area contributed by atoms with Gasteiger partial charge in [0.05, 0.1) is 0 Å². The van der Waals surface area contributed by atoms with Crippen molar-refractivity contribution in [2.24, 2.45) is 0 Å². The van der Waals surface area contributed by atoms with Crippen molar-refractivity contribution in [3.63, 3.8) is 0 Å².